The Morgan fingerprint density at radius 3 is 2.38 bits per heavy atom. The van der Waals surface area contributed by atoms with E-state index in [1.54, 1.807) is 0 Å². The van der Waals surface area contributed by atoms with E-state index >= 15 is 0 Å². The maximum absolute atomic E-state index is 12.6. The number of amides is 4. The number of carbonyl (C=O) groups is 3. The van der Waals surface area contributed by atoms with Crippen LogP contribution in [0.15, 0.2) is 12.1 Å². The fourth-order valence-corrected chi connectivity index (χ4v) is 3.91. The number of ether oxygens (including phenoxy) is 1. The van der Waals surface area contributed by atoms with Gasteiger partial charge >= 0.3 is 6.03 Å². The summed E-state index contributed by atoms with van der Waals surface area (Å²) in [5, 5.41) is 3.55. The maximum Gasteiger partial charge on any atom is 0.344 e. The zero-order valence-electron chi connectivity index (χ0n) is 15.5. The highest BCUT2D eigenvalue weighted by atomic mass is 16.5. The van der Waals surface area contributed by atoms with Crippen LogP contribution in [0.25, 0.3) is 0 Å². The van der Waals surface area contributed by atoms with Crippen LogP contribution < -0.4 is 15.5 Å². The smallest absolute Gasteiger partial charge is 0.344 e. The lowest BCUT2D eigenvalue weighted by atomic mass is 9.82. The fourth-order valence-electron chi connectivity index (χ4n) is 3.91. The van der Waals surface area contributed by atoms with E-state index in [9.17, 15) is 14.4 Å². The number of urea groups is 1. The van der Waals surface area contributed by atoms with E-state index in [1.165, 1.54) is 0 Å². The first-order valence-corrected chi connectivity index (χ1v) is 8.99. The van der Waals surface area contributed by atoms with E-state index in [0.717, 1.165) is 41.0 Å². The summed E-state index contributed by atoms with van der Waals surface area (Å²) in [6, 6.07) is 3.38. The minimum absolute atomic E-state index is 0.269. The fraction of sp³-hybridized carbons (Fsp3) is 0.526. The number of hydrazine groups is 1. The molecule has 2 fully saturated rings. The number of carbonyl (C=O) groups excluding carboxylic acids is 3. The van der Waals surface area contributed by atoms with E-state index in [-0.39, 0.29) is 12.5 Å². The monoisotopic (exact) mass is 359 g/mol. The third kappa shape index (κ3) is 3.38. The summed E-state index contributed by atoms with van der Waals surface area (Å²) >= 11 is 0. The Balaban J connectivity index is 1.62. The van der Waals surface area contributed by atoms with Crippen LogP contribution in [0, 0.1) is 20.8 Å². The van der Waals surface area contributed by atoms with Crippen molar-refractivity contribution in [3.8, 4) is 5.75 Å². The molecule has 4 amide bonds. The molecule has 2 aliphatic rings. The van der Waals surface area contributed by atoms with Crippen molar-refractivity contribution in [3.63, 3.8) is 0 Å². The molecule has 1 aliphatic heterocycles. The minimum Gasteiger partial charge on any atom is -0.483 e. The molecule has 140 valence electrons. The molecule has 3 rings (SSSR count). The predicted octanol–water partition coefficient (Wildman–Crippen LogP) is 2.28. The molecule has 1 saturated carbocycles. The Bertz CT molecular complexity index is 730. The molecule has 0 bridgehead atoms. The van der Waals surface area contributed by atoms with Crippen LogP contribution >= 0.6 is 0 Å². The van der Waals surface area contributed by atoms with Gasteiger partial charge in [0.25, 0.3) is 11.8 Å². The van der Waals surface area contributed by atoms with Crippen molar-refractivity contribution in [2.24, 2.45) is 0 Å². The first-order valence-electron chi connectivity index (χ1n) is 8.99. The van der Waals surface area contributed by atoms with Crippen LogP contribution in [0.2, 0.25) is 0 Å². The van der Waals surface area contributed by atoms with Crippen molar-refractivity contribution in [2.75, 3.05) is 6.61 Å². The molecular formula is C19H25N3O4. The van der Waals surface area contributed by atoms with Crippen LogP contribution in [-0.2, 0) is 9.59 Å². The summed E-state index contributed by atoms with van der Waals surface area (Å²) in [6.45, 7) is 5.55. The van der Waals surface area contributed by atoms with Crippen LogP contribution in [-0.4, -0.2) is 35.0 Å². The van der Waals surface area contributed by atoms with Gasteiger partial charge in [-0.2, -0.15) is 5.01 Å². The standard InChI is InChI=1S/C19H25N3O4/c1-12-9-13(2)16(14(3)10-12)26-11-15(23)21-22-17(24)19(20-18(22)25)7-5-4-6-8-19/h9-10H,4-8,11H2,1-3H3,(H,20,25)(H,21,23). The van der Waals surface area contributed by atoms with Crippen LogP contribution in [0.5, 0.6) is 5.75 Å². The molecule has 1 aromatic carbocycles. The SMILES string of the molecule is Cc1cc(C)c(OCC(=O)NN2C(=O)NC3(CCCCC3)C2=O)c(C)c1. The van der Waals surface area contributed by atoms with Gasteiger partial charge in [-0.3, -0.25) is 15.0 Å². The molecule has 0 aromatic heterocycles. The number of hydrogen-bond donors (Lipinski definition) is 2. The molecule has 1 saturated heterocycles. The highest BCUT2D eigenvalue weighted by Gasteiger charge is 2.52. The highest BCUT2D eigenvalue weighted by Crippen LogP contribution is 2.33. The van der Waals surface area contributed by atoms with Gasteiger partial charge in [-0.15, -0.1) is 0 Å². The van der Waals surface area contributed by atoms with Crippen molar-refractivity contribution in [2.45, 2.75) is 58.4 Å². The van der Waals surface area contributed by atoms with Crippen molar-refractivity contribution in [1.29, 1.82) is 0 Å². The van der Waals surface area contributed by atoms with E-state index in [2.05, 4.69) is 10.7 Å². The van der Waals surface area contributed by atoms with E-state index in [4.69, 9.17) is 4.74 Å². The Labute approximate surface area is 153 Å². The zero-order chi connectivity index (χ0) is 18.9. The molecule has 0 atom stereocenters. The van der Waals surface area contributed by atoms with Crippen LogP contribution in [0.3, 0.4) is 0 Å². The summed E-state index contributed by atoms with van der Waals surface area (Å²) in [5.74, 6) is -0.273. The maximum atomic E-state index is 12.6. The third-order valence-electron chi connectivity index (χ3n) is 5.06. The number of hydrogen-bond acceptors (Lipinski definition) is 4. The van der Waals surface area contributed by atoms with Gasteiger partial charge in [0.15, 0.2) is 6.61 Å². The minimum atomic E-state index is -0.854. The lowest BCUT2D eigenvalue weighted by molar-refractivity contribution is -0.140. The Morgan fingerprint density at radius 2 is 1.77 bits per heavy atom. The first kappa shape index (κ1) is 18.2. The molecule has 2 N–H and O–H groups in total. The number of imide groups is 1. The lowest BCUT2D eigenvalue weighted by Gasteiger charge is -2.30. The third-order valence-corrected chi connectivity index (χ3v) is 5.06. The molecule has 0 unspecified atom stereocenters. The molecule has 7 heteroatoms. The molecular weight excluding hydrogens is 334 g/mol. The zero-order valence-corrected chi connectivity index (χ0v) is 15.5. The van der Waals surface area contributed by atoms with E-state index in [0.29, 0.717) is 18.6 Å². The van der Waals surface area contributed by atoms with Crippen molar-refractivity contribution in [1.82, 2.24) is 15.8 Å². The molecule has 7 nitrogen and oxygen atoms in total. The number of benzene rings is 1. The second-order valence-electron chi connectivity index (χ2n) is 7.26. The van der Waals surface area contributed by atoms with E-state index in [1.807, 2.05) is 32.9 Å². The molecule has 1 aliphatic carbocycles. The summed E-state index contributed by atoms with van der Waals surface area (Å²) in [6.07, 6.45) is 4.07. The van der Waals surface area contributed by atoms with Crippen molar-refractivity contribution >= 4 is 17.8 Å². The number of nitrogens with one attached hydrogen (secondary N) is 2. The normalized spacial score (nSPS) is 18.8. The van der Waals surface area contributed by atoms with Gasteiger partial charge in [0.05, 0.1) is 0 Å². The van der Waals surface area contributed by atoms with Gasteiger partial charge in [0, 0.05) is 0 Å². The highest BCUT2D eigenvalue weighted by molar-refractivity contribution is 6.08. The first-order chi connectivity index (χ1) is 12.3. The summed E-state index contributed by atoms with van der Waals surface area (Å²) in [4.78, 5) is 37.0. The topological polar surface area (TPSA) is 87.7 Å². The largest absolute Gasteiger partial charge is 0.483 e. The number of aryl methyl sites for hydroxylation is 3. The molecule has 1 heterocycles. The lowest BCUT2D eigenvalue weighted by Crippen LogP contribution is -2.51. The average molecular weight is 359 g/mol. The molecule has 26 heavy (non-hydrogen) atoms. The van der Waals surface area contributed by atoms with E-state index < -0.39 is 17.5 Å². The van der Waals surface area contributed by atoms with Gasteiger partial charge in [-0.05, 0) is 44.7 Å². The summed E-state index contributed by atoms with van der Waals surface area (Å²) in [7, 11) is 0. The Hall–Kier alpha value is -2.57. The summed E-state index contributed by atoms with van der Waals surface area (Å²) in [5.41, 5.74) is 4.52. The van der Waals surface area contributed by atoms with Crippen LogP contribution in [0.4, 0.5) is 4.79 Å². The van der Waals surface area contributed by atoms with Crippen molar-refractivity contribution < 1.29 is 19.1 Å². The second kappa shape index (κ2) is 6.97. The quantitative estimate of drug-likeness (QED) is 0.808. The van der Waals surface area contributed by atoms with Gasteiger partial charge in [0.2, 0.25) is 0 Å². The van der Waals surface area contributed by atoms with Crippen molar-refractivity contribution in [3.05, 3.63) is 28.8 Å². The molecule has 1 spiro atoms. The number of rotatable bonds is 4. The van der Waals surface area contributed by atoms with Gasteiger partial charge in [0.1, 0.15) is 11.3 Å². The predicted molar refractivity (Wildman–Crippen MR) is 95.5 cm³/mol. The molecule has 0 radical (unpaired) electrons. The number of nitrogens with zero attached hydrogens (tertiary/aromatic N) is 1. The van der Waals surface area contributed by atoms with Crippen LogP contribution in [0.1, 0.15) is 48.8 Å². The average Bonchev–Trinajstić information content (AvgIpc) is 2.79. The molecule has 1 aromatic rings. The van der Waals surface area contributed by atoms with Gasteiger partial charge in [-0.25, -0.2) is 4.79 Å². The van der Waals surface area contributed by atoms with Gasteiger partial charge in [-0.1, -0.05) is 37.0 Å². The second-order valence-corrected chi connectivity index (χ2v) is 7.26. The Morgan fingerprint density at radius 1 is 1.15 bits per heavy atom. The van der Waals surface area contributed by atoms with Gasteiger partial charge < -0.3 is 10.1 Å². The Kier molecular flexibility index (Phi) is 4.89. The summed E-state index contributed by atoms with van der Waals surface area (Å²) < 4.78 is 5.62.